The van der Waals surface area contributed by atoms with Crippen molar-refractivity contribution in [1.82, 2.24) is 15.1 Å². The number of hydrogen-bond acceptors (Lipinski definition) is 4. The summed E-state index contributed by atoms with van der Waals surface area (Å²) in [6, 6.07) is 8.65. The van der Waals surface area contributed by atoms with Gasteiger partial charge < -0.3 is 20.2 Å². The van der Waals surface area contributed by atoms with Crippen LogP contribution in [-0.4, -0.2) is 71.6 Å². The first kappa shape index (κ1) is 27.0. The highest BCUT2D eigenvalue weighted by atomic mass is 19.4. The van der Waals surface area contributed by atoms with Gasteiger partial charge >= 0.3 is 12.1 Å². The van der Waals surface area contributed by atoms with Crippen molar-refractivity contribution in [3.8, 4) is 0 Å². The van der Waals surface area contributed by atoms with Gasteiger partial charge in [0.2, 0.25) is 11.8 Å². The van der Waals surface area contributed by atoms with Crippen LogP contribution in [0.4, 0.5) is 13.2 Å². The summed E-state index contributed by atoms with van der Waals surface area (Å²) in [6.07, 6.45) is 2.75. The lowest BCUT2D eigenvalue weighted by Gasteiger charge is -2.49. The molecule has 4 rings (SSSR count). The minimum atomic E-state index is -5.08. The monoisotopic (exact) mass is 497 g/mol. The summed E-state index contributed by atoms with van der Waals surface area (Å²) in [6.45, 7) is 6.49. The molecule has 2 heterocycles. The molecule has 1 aromatic carbocycles. The van der Waals surface area contributed by atoms with Gasteiger partial charge in [-0.1, -0.05) is 37.1 Å². The van der Waals surface area contributed by atoms with Crippen molar-refractivity contribution in [3.05, 3.63) is 35.4 Å². The molecule has 1 saturated heterocycles. The number of carbonyl (C=O) groups is 3. The molecule has 0 bridgehead atoms. The molecule has 2 N–H and O–H groups in total. The van der Waals surface area contributed by atoms with E-state index in [1.54, 1.807) is 0 Å². The van der Waals surface area contributed by atoms with E-state index in [1.807, 2.05) is 4.90 Å². The highest BCUT2D eigenvalue weighted by Crippen LogP contribution is 2.42. The topological polar surface area (TPSA) is 90.0 Å². The molecule has 194 valence electrons. The largest absolute Gasteiger partial charge is 0.490 e. The lowest BCUT2D eigenvalue weighted by molar-refractivity contribution is -0.192. The van der Waals surface area contributed by atoms with Gasteiger partial charge in [-0.25, -0.2) is 4.79 Å². The standard InChI is InChI=1S/C23H33N3O2.C2HF3O2/c1-18(27)24-14-22(28)26-16-20-8-4-5-9-21(20)23(17-26)10-12-25(13-11-23)15-19-6-2-3-7-19;3-2(4,5)1(6)7/h4-5,8-9,19H,2-3,6-7,10-17H2,1H3,(H,24,27);(H,6,7). The zero-order chi connectivity index (χ0) is 25.6. The Hall–Kier alpha value is -2.62. The van der Waals surface area contributed by atoms with Gasteiger partial charge in [0.25, 0.3) is 0 Å². The number of carboxylic acid groups (broad SMARTS) is 1. The molecular weight excluding hydrogens is 463 g/mol. The Morgan fingerprint density at radius 2 is 1.71 bits per heavy atom. The first-order valence-corrected chi connectivity index (χ1v) is 12.1. The van der Waals surface area contributed by atoms with E-state index in [1.165, 1.54) is 50.3 Å². The molecule has 0 aromatic heterocycles. The second-order valence-corrected chi connectivity index (χ2v) is 9.85. The maximum absolute atomic E-state index is 12.7. The fourth-order valence-corrected chi connectivity index (χ4v) is 5.53. The van der Waals surface area contributed by atoms with E-state index in [0.717, 1.165) is 38.4 Å². The van der Waals surface area contributed by atoms with Crippen molar-refractivity contribution in [3.63, 3.8) is 0 Å². The number of halogens is 3. The van der Waals surface area contributed by atoms with Crippen LogP contribution >= 0.6 is 0 Å². The van der Waals surface area contributed by atoms with Crippen LogP contribution in [-0.2, 0) is 26.3 Å². The van der Waals surface area contributed by atoms with Crippen LogP contribution in [0.25, 0.3) is 0 Å². The van der Waals surface area contributed by atoms with Crippen LogP contribution < -0.4 is 5.32 Å². The number of alkyl halides is 3. The number of carboxylic acids is 1. The number of amides is 2. The fraction of sp³-hybridized carbons (Fsp3) is 0.640. The summed E-state index contributed by atoms with van der Waals surface area (Å²) < 4.78 is 31.7. The smallest absolute Gasteiger partial charge is 0.475 e. The third kappa shape index (κ3) is 7.19. The quantitative estimate of drug-likeness (QED) is 0.666. The maximum atomic E-state index is 12.7. The number of hydrogen-bond donors (Lipinski definition) is 2. The summed E-state index contributed by atoms with van der Waals surface area (Å²) in [5.74, 6) is -1.99. The van der Waals surface area contributed by atoms with E-state index in [2.05, 4.69) is 34.5 Å². The molecule has 1 saturated carbocycles. The summed E-state index contributed by atoms with van der Waals surface area (Å²) in [4.78, 5) is 37.5. The third-order valence-corrected chi connectivity index (χ3v) is 7.33. The zero-order valence-electron chi connectivity index (χ0n) is 20.1. The Morgan fingerprint density at radius 3 is 2.29 bits per heavy atom. The second-order valence-electron chi connectivity index (χ2n) is 9.85. The van der Waals surface area contributed by atoms with Crippen molar-refractivity contribution >= 4 is 17.8 Å². The highest BCUT2D eigenvalue weighted by molar-refractivity contribution is 5.84. The Kier molecular flexibility index (Phi) is 8.79. The average Bonchev–Trinajstić information content (AvgIpc) is 3.32. The zero-order valence-corrected chi connectivity index (χ0v) is 20.1. The number of fused-ring (bicyclic) bond motifs is 2. The van der Waals surface area contributed by atoms with Gasteiger partial charge in [0.15, 0.2) is 0 Å². The summed E-state index contributed by atoms with van der Waals surface area (Å²) >= 11 is 0. The molecule has 0 radical (unpaired) electrons. The number of benzene rings is 1. The van der Waals surface area contributed by atoms with Gasteiger partial charge in [-0.05, 0) is 55.8 Å². The lowest BCUT2D eigenvalue weighted by atomic mass is 9.68. The van der Waals surface area contributed by atoms with Gasteiger partial charge in [-0.3, -0.25) is 9.59 Å². The lowest BCUT2D eigenvalue weighted by Crippen LogP contribution is -2.54. The van der Waals surface area contributed by atoms with Crippen molar-refractivity contribution in [2.24, 2.45) is 5.92 Å². The molecule has 2 fully saturated rings. The highest BCUT2D eigenvalue weighted by Gasteiger charge is 2.43. The van der Waals surface area contributed by atoms with Crippen LogP contribution in [0.3, 0.4) is 0 Å². The van der Waals surface area contributed by atoms with Crippen molar-refractivity contribution in [1.29, 1.82) is 0 Å². The molecule has 2 aliphatic heterocycles. The van der Waals surface area contributed by atoms with Crippen LogP contribution in [0.15, 0.2) is 24.3 Å². The van der Waals surface area contributed by atoms with Crippen molar-refractivity contribution < 1.29 is 32.7 Å². The predicted octanol–water partition coefficient (Wildman–Crippen LogP) is 3.32. The number of aliphatic carboxylic acids is 1. The van der Waals surface area contributed by atoms with Gasteiger partial charge in [0, 0.05) is 32.0 Å². The molecule has 10 heteroatoms. The SMILES string of the molecule is CC(=O)NCC(=O)N1Cc2ccccc2C2(CCN(CC3CCCC3)CC2)C1.O=C(O)C(F)(F)F. The number of likely N-dealkylation sites (tertiary alicyclic amines) is 1. The minimum Gasteiger partial charge on any atom is -0.475 e. The number of piperidine rings is 1. The Balaban J connectivity index is 0.000000429. The number of carbonyl (C=O) groups excluding carboxylic acids is 2. The van der Waals surface area contributed by atoms with Gasteiger partial charge in [-0.15, -0.1) is 0 Å². The Labute approximate surface area is 203 Å². The Bertz CT molecular complexity index is 907. The van der Waals surface area contributed by atoms with Crippen LogP contribution in [0.5, 0.6) is 0 Å². The Morgan fingerprint density at radius 1 is 1.11 bits per heavy atom. The van der Waals surface area contributed by atoms with E-state index in [-0.39, 0.29) is 23.8 Å². The molecule has 0 atom stereocenters. The van der Waals surface area contributed by atoms with Gasteiger partial charge in [0.1, 0.15) is 0 Å². The maximum Gasteiger partial charge on any atom is 0.490 e. The normalized spacial score (nSPS) is 20.1. The number of rotatable bonds is 4. The fourth-order valence-electron chi connectivity index (χ4n) is 5.53. The summed E-state index contributed by atoms with van der Waals surface area (Å²) in [7, 11) is 0. The van der Waals surface area contributed by atoms with E-state index in [4.69, 9.17) is 9.90 Å². The van der Waals surface area contributed by atoms with Gasteiger partial charge in [0.05, 0.1) is 6.54 Å². The predicted molar refractivity (Wildman–Crippen MR) is 124 cm³/mol. The molecule has 3 aliphatic rings. The molecule has 1 aliphatic carbocycles. The molecule has 1 aromatic rings. The number of nitrogens with zero attached hydrogens (tertiary/aromatic N) is 2. The van der Waals surface area contributed by atoms with E-state index < -0.39 is 12.1 Å². The van der Waals surface area contributed by atoms with Gasteiger partial charge in [-0.2, -0.15) is 13.2 Å². The molecule has 0 unspecified atom stereocenters. The number of nitrogens with one attached hydrogen (secondary N) is 1. The van der Waals surface area contributed by atoms with E-state index >= 15 is 0 Å². The first-order valence-electron chi connectivity index (χ1n) is 12.1. The van der Waals surface area contributed by atoms with Crippen LogP contribution in [0, 0.1) is 5.92 Å². The van der Waals surface area contributed by atoms with Crippen LogP contribution in [0.2, 0.25) is 0 Å². The van der Waals surface area contributed by atoms with Crippen molar-refractivity contribution in [2.75, 3.05) is 32.7 Å². The van der Waals surface area contributed by atoms with Crippen molar-refractivity contribution in [2.45, 2.75) is 63.6 Å². The molecular formula is C25H34F3N3O4. The minimum absolute atomic E-state index is 0.0254. The summed E-state index contributed by atoms with van der Waals surface area (Å²) in [5, 5.41) is 9.79. The first-order chi connectivity index (χ1) is 16.5. The molecule has 7 nitrogen and oxygen atoms in total. The van der Waals surface area contributed by atoms with Crippen LogP contribution in [0.1, 0.15) is 56.6 Å². The molecule has 35 heavy (non-hydrogen) atoms. The summed E-state index contributed by atoms with van der Waals surface area (Å²) in [5.41, 5.74) is 2.78. The second kappa shape index (κ2) is 11.4. The molecule has 2 amide bonds. The molecule has 1 spiro atoms. The average molecular weight is 498 g/mol. The van der Waals surface area contributed by atoms with E-state index in [9.17, 15) is 22.8 Å². The van der Waals surface area contributed by atoms with E-state index in [0.29, 0.717) is 6.54 Å². The third-order valence-electron chi connectivity index (χ3n) is 7.33.